The minimum atomic E-state index is -0.236. The standard InChI is InChI=1S/C19H22N4O2S/c1-12(2)19-20-13(11-26-19)10-23(3)17(24)9-8-16-18(25)22-15-7-5-4-6-14(15)21-16/h4-7,11-12H,8-10H2,1-3H3,(H,22,25). The number of carbonyl (C=O) groups is 1. The smallest absolute Gasteiger partial charge is 0.270 e. The number of benzene rings is 1. The molecule has 0 spiro atoms. The number of amides is 1. The molecule has 0 aliphatic heterocycles. The molecule has 0 aliphatic carbocycles. The Kier molecular flexibility index (Phi) is 5.46. The molecule has 0 unspecified atom stereocenters. The van der Waals surface area contributed by atoms with Crippen molar-refractivity contribution in [1.82, 2.24) is 19.9 Å². The van der Waals surface area contributed by atoms with E-state index in [1.807, 2.05) is 29.6 Å². The third kappa shape index (κ3) is 4.16. The van der Waals surface area contributed by atoms with Gasteiger partial charge >= 0.3 is 0 Å². The van der Waals surface area contributed by atoms with Crippen molar-refractivity contribution in [2.45, 2.75) is 39.2 Å². The lowest BCUT2D eigenvalue weighted by Gasteiger charge is -2.15. The van der Waals surface area contributed by atoms with E-state index in [1.165, 1.54) is 0 Å². The van der Waals surface area contributed by atoms with Crippen LogP contribution in [0.1, 0.15) is 42.6 Å². The zero-order chi connectivity index (χ0) is 18.7. The Bertz CT molecular complexity index is 977. The number of nitrogens with zero attached hydrogens (tertiary/aromatic N) is 3. The van der Waals surface area contributed by atoms with Gasteiger partial charge < -0.3 is 9.88 Å². The van der Waals surface area contributed by atoms with Gasteiger partial charge in [-0.1, -0.05) is 26.0 Å². The molecule has 0 aliphatic rings. The van der Waals surface area contributed by atoms with E-state index < -0.39 is 0 Å². The summed E-state index contributed by atoms with van der Waals surface area (Å²) in [6.07, 6.45) is 0.559. The lowest BCUT2D eigenvalue weighted by atomic mass is 10.2. The molecule has 0 bridgehead atoms. The van der Waals surface area contributed by atoms with Crippen molar-refractivity contribution in [2.75, 3.05) is 7.05 Å². The van der Waals surface area contributed by atoms with E-state index in [9.17, 15) is 9.59 Å². The van der Waals surface area contributed by atoms with Gasteiger partial charge in [-0.2, -0.15) is 0 Å². The van der Waals surface area contributed by atoms with Crippen LogP contribution in [0, 0.1) is 0 Å². The quantitative estimate of drug-likeness (QED) is 0.723. The molecule has 2 heterocycles. The van der Waals surface area contributed by atoms with Crippen molar-refractivity contribution >= 4 is 28.3 Å². The number of hydrogen-bond donors (Lipinski definition) is 1. The van der Waals surface area contributed by atoms with E-state index in [2.05, 4.69) is 28.8 Å². The Morgan fingerprint density at radius 1 is 1.27 bits per heavy atom. The van der Waals surface area contributed by atoms with E-state index in [1.54, 1.807) is 23.3 Å². The predicted octanol–water partition coefficient (Wildman–Crippen LogP) is 3.09. The van der Waals surface area contributed by atoms with Crippen LogP contribution in [0.3, 0.4) is 0 Å². The van der Waals surface area contributed by atoms with Gasteiger partial charge in [0.15, 0.2) is 0 Å². The highest BCUT2D eigenvalue weighted by molar-refractivity contribution is 7.09. The summed E-state index contributed by atoms with van der Waals surface area (Å²) in [6.45, 7) is 4.68. The molecule has 0 saturated heterocycles. The van der Waals surface area contributed by atoms with Crippen LogP contribution in [0.25, 0.3) is 11.0 Å². The van der Waals surface area contributed by atoms with Gasteiger partial charge in [0.2, 0.25) is 5.91 Å². The van der Waals surface area contributed by atoms with Gasteiger partial charge in [-0.25, -0.2) is 9.97 Å². The lowest BCUT2D eigenvalue weighted by molar-refractivity contribution is -0.130. The van der Waals surface area contributed by atoms with E-state index in [0.29, 0.717) is 30.1 Å². The van der Waals surface area contributed by atoms with Gasteiger partial charge in [-0.15, -0.1) is 11.3 Å². The number of hydrogen-bond acceptors (Lipinski definition) is 5. The van der Waals surface area contributed by atoms with E-state index >= 15 is 0 Å². The molecular formula is C19H22N4O2S. The van der Waals surface area contributed by atoms with Gasteiger partial charge in [0.1, 0.15) is 5.69 Å². The maximum absolute atomic E-state index is 12.4. The number of aromatic nitrogens is 3. The Labute approximate surface area is 155 Å². The molecule has 1 N–H and O–H groups in total. The van der Waals surface area contributed by atoms with Gasteiger partial charge in [-0.05, 0) is 12.1 Å². The summed E-state index contributed by atoms with van der Waals surface area (Å²) >= 11 is 1.62. The second kappa shape index (κ2) is 7.78. The minimum absolute atomic E-state index is 0.0292. The zero-order valence-corrected chi connectivity index (χ0v) is 16.0. The monoisotopic (exact) mass is 370 g/mol. The number of nitrogens with one attached hydrogen (secondary N) is 1. The lowest BCUT2D eigenvalue weighted by Crippen LogP contribution is -2.27. The molecule has 1 aromatic carbocycles. The molecule has 1 amide bonds. The third-order valence-corrected chi connectivity index (χ3v) is 5.33. The van der Waals surface area contributed by atoms with Crippen molar-refractivity contribution in [2.24, 2.45) is 0 Å². The maximum atomic E-state index is 12.4. The predicted molar refractivity (Wildman–Crippen MR) is 103 cm³/mol. The fourth-order valence-electron chi connectivity index (χ4n) is 2.64. The molecule has 6 nitrogen and oxygen atoms in total. The van der Waals surface area contributed by atoms with Crippen LogP contribution in [0.4, 0.5) is 0 Å². The summed E-state index contributed by atoms with van der Waals surface area (Å²) in [5, 5.41) is 3.07. The molecule has 0 radical (unpaired) electrons. The molecule has 26 heavy (non-hydrogen) atoms. The van der Waals surface area contributed by atoms with Crippen LogP contribution in [-0.4, -0.2) is 32.8 Å². The number of aromatic amines is 1. The van der Waals surface area contributed by atoms with Crippen LogP contribution >= 0.6 is 11.3 Å². The SMILES string of the molecule is CC(C)c1nc(CN(C)C(=O)CCc2nc3ccccc3[nH]c2=O)cs1. The second-order valence-electron chi connectivity index (χ2n) is 6.61. The first-order valence-corrected chi connectivity index (χ1v) is 9.48. The van der Waals surface area contributed by atoms with Crippen LogP contribution in [0.15, 0.2) is 34.4 Å². The molecule has 136 valence electrons. The van der Waals surface area contributed by atoms with Crippen molar-refractivity contribution < 1.29 is 4.79 Å². The summed E-state index contributed by atoms with van der Waals surface area (Å²) in [5.41, 5.74) is 2.48. The van der Waals surface area contributed by atoms with Crippen molar-refractivity contribution in [3.63, 3.8) is 0 Å². The first-order valence-electron chi connectivity index (χ1n) is 8.60. The normalized spacial score (nSPS) is 11.2. The van der Waals surface area contributed by atoms with Gasteiger partial charge in [0.25, 0.3) is 5.56 Å². The van der Waals surface area contributed by atoms with Crippen LogP contribution in [0.5, 0.6) is 0 Å². The molecule has 0 atom stereocenters. The summed E-state index contributed by atoms with van der Waals surface area (Å²) in [6, 6.07) is 7.37. The van der Waals surface area contributed by atoms with Crippen LogP contribution < -0.4 is 5.56 Å². The highest BCUT2D eigenvalue weighted by Crippen LogP contribution is 2.20. The highest BCUT2D eigenvalue weighted by atomic mass is 32.1. The first-order chi connectivity index (χ1) is 12.4. The number of aryl methyl sites for hydroxylation is 1. The van der Waals surface area contributed by atoms with E-state index in [0.717, 1.165) is 16.2 Å². The average Bonchev–Trinajstić information content (AvgIpc) is 3.08. The number of thiazole rings is 1. The Morgan fingerprint density at radius 2 is 2.04 bits per heavy atom. The number of para-hydroxylation sites is 2. The van der Waals surface area contributed by atoms with Gasteiger partial charge in [-0.3, -0.25) is 9.59 Å². The summed E-state index contributed by atoms with van der Waals surface area (Å²) in [5.74, 6) is 0.360. The van der Waals surface area contributed by atoms with Crippen molar-refractivity contribution in [3.05, 3.63) is 56.4 Å². The number of carbonyl (C=O) groups excluding carboxylic acids is 1. The first kappa shape index (κ1) is 18.3. The van der Waals surface area contributed by atoms with Crippen molar-refractivity contribution in [1.29, 1.82) is 0 Å². The molecule has 7 heteroatoms. The van der Waals surface area contributed by atoms with Crippen molar-refractivity contribution in [3.8, 4) is 0 Å². The molecular weight excluding hydrogens is 348 g/mol. The average molecular weight is 370 g/mol. The Morgan fingerprint density at radius 3 is 2.77 bits per heavy atom. The number of H-pyrrole nitrogens is 1. The molecule has 0 fully saturated rings. The van der Waals surface area contributed by atoms with Crippen LogP contribution in [-0.2, 0) is 17.8 Å². The zero-order valence-electron chi connectivity index (χ0n) is 15.2. The maximum Gasteiger partial charge on any atom is 0.270 e. The molecule has 0 saturated carbocycles. The van der Waals surface area contributed by atoms with Gasteiger partial charge in [0.05, 0.1) is 28.3 Å². The largest absolute Gasteiger partial charge is 0.340 e. The third-order valence-electron chi connectivity index (χ3n) is 4.13. The molecule has 3 aromatic rings. The summed E-state index contributed by atoms with van der Waals surface area (Å²) in [7, 11) is 1.76. The Balaban J connectivity index is 1.62. The minimum Gasteiger partial charge on any atom is -0.340 e. The number of fused-ring (bicyclic) bond motifs is 1. The topological polar surface area (TPSA) is 79.0 Å². The fourth-order valence-corrected chi connectivity index (χ4v) is 3.47. The molecule has 3 rings (SSSR count). The van der Waals surface area contributed by atoms with Gasteiger partial charge in [0, 0.05) is 31.2 Å². The second-order valence-corrected chi connectivity index (χ2v) is 7.50. The van der Waals surface area contributed by atoms with E-state index in [4.69, 9.17) is 0 Å². The summed E-state index contributed by atoms with van der Waals surface area (Å²) < 4.78 is 0. The highest BCUT2D eigenvalue weighted by Gasteiger charge is 2.14. The Hall–Kier alpha value is -2.54. The molecule has 2 aromatic heterocycles. The summed E-state index contributed by atoms with van der Waals surface area (Å²) in [4.78, 5) is 37.9. The van der Waals surface area contributed by atoms with Crippen LogP contribution in [0.2, 0.25) is 0 Å². The number of rotatable bonds is 6. The van der Waals surface area contributed by atoms with E-state index in [-0.39, 0.29) is 17.9 Å². The fraction of sp³-hybridized carbons (Fsp3) is 0.368.